The van der Waals surface area contributed by atoms with Crippen LogP contribution in [-0.2, 0) is 21.4 Å². The molecule has 0 fully saturated rings. The van der Waals surface area contributed by atoms with E-state index in [9.17, 15) is 23.3 Å². The van der Waals surface area contributed by atoms with Gasteiger partial charge in [-0.15, -0.1) is 0 Å². The summed E-state index contributed by atoms with van der Waals surface area (Å²) in [6, 6.07) is 17.1. The van der Waals surface area contributed by atoms with Crippen LogP contribution >= 0.6 is 11.6 Å². The molecule has 10 heteroatoms. The van der Waals surface area contributed by atoms with Crippen LogP contribution in [0.5, 0.6) is 0 Å². The molecule has 172 valence electrons. The molecular formula is C23H22ClN3O5S. The summed E-state index contributed by atoms with van der Waals surface area (Å²) < 4.78 is 27.9. The van der Waals surface area contributed by atoms with Gasteiger partial charge in [0.2, 0.25) is 5.91 Å². The van der Waals surface area contributed by atoms with Gasteiger partial charge in [0.05, 0.1) is 15.5 Å². The Morgan fingerprint density at radius 3 is 2.36 bits per heavy atom. The first kappa shape index (κ1) is 24.2. The number of carbonyl (C=O) groups is 1. The highest BCUT2D eigenvalue weighted by molar-refractivity contribution is 7.92. The highest BCUT2D eigenvalue weighted by atomic mass is 35.5. The van der Waals surface area contributed by atoms with Gasteiger partial charge in [0.15, 0.2) is 0 Å². The second-order valence-electron chi connectivity index (χ2n) is 7.37. The lowest BCUT2D eigenvalue weighted by Gasteiger charge is -2.26. The largest absolute Gasteiger partial charge is 0.350 e. The number of anilines is 1. The predicted molar refractivity (Wildman–Crippen MR) is 127 cm³/mol. The monoisotopic (exact) mass is 487 g/mol. The highest BCUT2D eigenvalue weighted by Gasteiger charge is 2.29. The summed E-state index contributed by atoms with van der Waals surface area (Å²) in [6.45, 7) is 2.85. The van der Waals surface area contributed by atoms with Gasteiger partial charge in [0.1, 0.15) is 6.54 Å². The fourth-order valence-electron chi connectivity index (χ4n) is 3.22. The zero-order valence-corrected chi connectivity index (χ0v) is 19.6. The molecule has 0 atom stereocenters. The van der Waals surface area contributed by atoms with Crippen LogP contribution in [-0.4, -0.2) is 25.8 Å². The topological polar surface area (TPSA) is 110 Å². The minimum Gasteiger partial charge on any atom is -0.350 e. The summed E-state index contributed by atoms with van der Waals surface area (Å²) in [5.41, 5.74) is 1.84. The van der Waals surface area contributed by atoms with E-state index < -0.39 is 27.4 Å². The number of hydrogen-bond acceptors (Lipinski definition) is 5. The first-order valence-corrected chi connectivity index (χ1v) is 11.8. The third kappa shape index (κ3) is 5.50. The van der Waals surface area contributed by atoms with Crippen LogP contribution in [0.3, 0.4) is 0 Å². The number of nitrogens with zero attached hydrogens (tertiary/aromatic N) is 2. The summed E-state index contributed by atoms with van der Waals surface area (Å²) in [5.74, 6) is -0.622. The van der Waals surface area contributed by atoms with Gasteiger partial charge in [-0.05, 0) is 43.7 Å². The Kier molecular flexibility index (Phi) is 7.35. The molecule has 0 unspecified atom stereocenters. The molecule has 3 rings (SSSR count). The SMILES string of the molecule is Cc1ccc(S(=O)(=O)N(CC(=O)NCc2ccccc2[N+](=O)[O-])c2cccc(Cl)c2C)cc1. The molecule has 33 heavy (non-hydrogen) atoms. The average Bonchev–Trinajstić information content (AvgIpc) is 2.78. The minimum absolute atomic E-state index is 0.0268. The Bertz CT molecular complexity index is 1290. The predicted octanol–water partition coefficient (Wildman–Crippen LogP) is 4.38. The summed E-state index contributed by atoms with van der Waals surface area (Å²) in [5, 5.41) is 14.1. The molecule has 0 saturated heterocycles. The Morgan fingerprint density at radius 1 is 1.03 bits per heavy atom. The number of nitro groups is 1. The van der Waals surface area contributed by atoms with Crippen molar-refractivity contribution >= 4 is 38.9 Å². The fourth-order valence-corrected chi connectivity index (χ4v) is 4.87. The van der Waals surface area contributed by atoms with E-state index in [1.165, 1.54) is 30.3 Å². The third-order valence-corrected chi connectivity index (χ3v) is 7.25. The molecule has 0 radical (unpaired) electrons. The molecule has 8 nitrogen and oxygen atoms in total. The van der Waals surface area contributed by atoms with Crippen LogP contribution in [0.4, 0.5) is 11.4 Å². The maximum Gasteiger partial charge on any atom is 0.274 e. The minimum atomic E-state index is -4.10. The lowest BCUT2D eigenvalue weighted by Crippen LogP contribution is -2.41. The molecule has 0 heterocycles. The number of aryl methyl sites for hydroxylation is 1. The molecule has 0 aromatic heterocycles. The Morgan fingerprint density at radius 2 is 1.70 bits per heavy atom. The van der Waals surface area contributed by atoms with Crippen molar-refractivity contribution in [3.8, 4) is 0 Å². The van der Waals surface area contributed by atoms with Crippen molar-refractivity contribution < 1.29 is 18.1 Å². The van der Waals surface area contributed by atoms with Crippen molar-refractivity contribution in [2.75, 3.05) is 10.8 Å². The molecule has 1 N–H and O–H groups in total. The lowest BCUT2D eigenvalue weighted by molar-refractivity contribution is -0.385. The van der Waals surface area contributed by atoms with E-state index in [0.29, 0.717) is 16.1 Å². The lowest BCUT2D eigenvalue weighted by atomic mass is 10.2. The molecule has 0 saturated carbocycles. The number of rotatable bonds is 8. The van der Waals surface area contributed by atoms with Crippen LogP contribution in [0.2, 0.25) is 5.02 Å². The summed E-state index contributed by atoms with van der Waals surface area (Å²) in [4.78, 5) is 23.5. The zero-order chi connectivity index (χ0) is 24.2. The fraction of sp³-hybridized carbons (Fsp3) is 0.174. The van der Waals surface area contributed by atoms with E-state index in [0.717, 1.165) is 9.87 Å². The van der Waals surface area contributed by atoms with Gasteiger partial charge in [-0.25, -0.2) is 8.42 Å². The van der Waals surface area contributed by atoms with Gasteiger partial charge in [0.25, 0.3) is 15.7 Å². The Hall–Kier alpha value is -3.43. The van der Waals surface area contributed by atoms with Crippen molar-refractivity contribution in [2.45, 2.75) is 25.3 Å². The first-order chi connectivity index (χ1) is 15.6. The highest BCUT2D eigenvalue weighted by Crippen LogP contribution is 2.31. The first-order valence-electron chi connectivity index (χ1n) is 9.95. The summed E-state index contributed by atoms with van der Waals surface area (Å²) in [6.07, 6.45) is 0. The molecular weight excluding hydrogens is 466 g/mol. The number of carbonyl (C=O) groups excluding carboxylic acids is 1. The second kappa shape index (κ2) is 10.0. The van der Waals surface area contributed by atoms with Crippen LogP contribution in [0.25, 0.3) is 0 Å². The van der Waals surface area contributed by atoms with Crippen molar-refractivity contribution in [1.29, 1.82) is 0 Å². The Balaban J connectivity index is 1.92. The number of halogens is 1. The molecule has 0 aliphatic carbocycles. The van der Waals surface area contributed by atoms with E-state index in [1.54, 1.807) is 43.3 Å². The van der Waals surface area contributed by atoms with Gasteiger partial charge < -0.3 is 5.32 Å². The van der Waals surface area contributed by atoms with Gasteiger partial charge in [-0.2, -0.15) is 0 Å². The van der Waals surface area contributed by atoms with Gasteiger partial charge in [-0.1, -0.05) is 53.6 Å². The number of hydrogen-bond donors (Lipinski definition) is 1. The Labute approximate surface area is 197 Å². The zero-order valence-electron chi connectivity index (χ0n) is 18.0. The van der Waals surface area contributed by atoms with Crippen molar-refractivity contribution in [1.82, 2.24) is 5.32 Å². The van der Waals surface area contributed by atoms with Gasteiger partial charge in [0, 0.05) is 23.2 Å². The second-order valence-corrected chi connectivity index (χ2v) is 9.64. The molecule has 3 aromatic rings. The number of sulfonamides is 1. The van der Waals surface area contributed by atoms with E-state index in [2.05, 4.69) is 5.32 Å². The van der Waals surface area contributed by atoms with E-state index in [-0.39, 0.29) is 22.8 Å². The maximum absolute atomic E-state index is 13.5. The summed E-state index contributed by atoms with van der Waals surface area (Å²) >= 11 is 6.21. The summed E-state index contributed by atoms with van der Waals surface area (Å²) in [7, 11) is -4.10. The van der Waals surface area contributed by atoms with Crippen LogP contribution in [0.1, 0.15) is 16.7 Å². The number of nitrogens with one attached hydrogen (secondary N) is 1. The van der Waals surface area contributed by atoms with Crippen LogP contribution < -0.4 is 9.62 Å². The standard InChI is InChI=1S/C23H22ClN3O5S/c1-16-10-12-19(13-11-16)33(31,32)26(21-9-5-7-20(24)17(21)2)15-23(28)25-14-18-6-3-4-8-22(18)27(29)30/h3-13H,14-15H2,1-2H3,(H,25,28). The third-order valence-electron chi connectivity index (χ3n) is 5.07. The molecule has 0 aliphatic rings. The van der Waals surface area contributed by atoms with Gasteiger partial charge >= 0.3 is 0 Å². The van der Waals surface area contributed by atoms with Crippen molar-refractivity contribution in [3.63, 3.8) is 0 Å². The van der Waals surface area contributed by atoms with E-state index in [4.69, 9.17) is 11.6 Å². The van der Waals surface area contributed by atoms with Gasteiger partial charge in [-0.3, -0.25) is 19.2 Å². The molecule has 0 spiro atoms. The normalized spacial score (nSPS) is 11.1. The van der Waals surface area contributed by atoms with E-state index in [1.807, 2.05) is 6.92 Å². The smallest absolute Gasteiger partial charge is 0.274 e. The molecule has 3 aromatic carbocycles. The number of nitro benzene ring substituents is 1. The van der Waals surface area contributed by atoms with Crippen LogP contribution in [0, 0.1) is 24.0 Å². The van der Waals surface area contributed by atoms with E-state index >= 15 is 0 Å². The van der Waals surface area contributed by atoms with Crippen molar-refractivity contribution in [2.24, 2.45) is 0 Å². The number of para-hydroxylation sites is 1. The average molecular weight is 488 g/mol. The molecule has 1 amide bonds. The maximum atomic E-state index is 13.5. The number of amides is 1. The molecule has 0 aliphatic heterocycles. The van der Waals surface area contributed by atoms with Crippen molar-refractivity contribution in [3.05, 3.63) is 98.6 Å². The number of benzene rings is 3. The quantitative estimate of drug-likeness (QED) is 0.374. The molecule has 0 bridgehead atoms. The van der Waals surface area contributed by atoms with Crippen LogP contribution in [0.15, 0.2) is 71.6 Å².